The predicted octanol–water partition coefficient (Wildman–Crippen LogP) is 4.11. The van der Waals surface area contributed by atoms with Gasteiger partial charge in [0.25, 0.3) is 11.6 Å². The molecule has 0 spiro atoms. The van der Waals surface area contributed by atoms with E-state index in [-0.39, 0.29) is 41.7 Å². The molecule has 36 heavy (non-hydrogen) atoms. The molecule has 190 valence electrons. The van der Waals surface area contributed by atoms with E-state index in [9.17, 15) is 19.7 Å². The molecule has 2 heterocycles. The number of hydrogen-bond acceptors (Lipinski definition) is 8. The fourth-order valence-electron chi connectivity index (χ4n) is 7.15. The lowest BCUT2D eigenvalue weighted by Gasteiger charge is -2.60. The van der Waals surface area contributed by atoms with Gasteiger partial charge in [0.1, 0.15) is 24.5 Å². The highest BCUT2D eigenvalue weighted by molar-refractivity contribution is 5.96. The third kappa shape index (κ3) is 4.08. The van der Waals surface area contributed by atoms with Gasteiger partial charge < -0.3 is 23.5 Å². The van der Waals surface area contributed by atoms with Gasteiger partial charge in [-0.2, -0.15) is 0 Å². The molecular formula is C26H28N2O8. The molecule has 10 heteroatoms. The fraction of sp³-hybridized carbons (Fsp3) is 0.538. The number of amides is 1. The van der Waals surface area contributed by atoms with Crippen LogP contribution in [0.3, 0.4) is 0 Å². The Morgan fingerprint density at radius 3 is 2.28 bits per heavy atom. The maximum atomic E-state index is 13.6. The topological polar surface area (TPSA) is 121 Å². The molecule has 0 radical (unpaired) electrons. The Balaban J connectivity index is 1.23. The van der Waals surface area contributed by atoms with Gasteiger partial charge >= 0.3 is 5.97 Å². The van der Waals surface area contributed by atoms with E-state index >= 15 is 0 Å². The van der Waals surface area contributed by atoms with E-state index in [1.165, 1.54) is 25.3 Å². The summed E-state index contributed by atoms with van der Waals surface area (Å²) < 4.78 is 21.8. The Kier molecular flexibility index (Phi) is 5.61. The Bertz CT molecular complexity index is 1160. The number of esters is 1. The molecule has 7 rings (SSSR count). The number of nitrogens with zero attached hydrogens (tertiary/aromatic N) is 2. The highest BCUT2D eigenvalue weighted by Gasteiger charge is 2.54. The first-order chi connectivity index (χ1) is 17.4. The van der Waals surface area contributed by atoms with Crippen LogP contribution in [0, 0.1) is 27.9 Å². The highest BCUT2D eigenvalue weighted by Crippen LogP contribution is 2.58. The van der Waals surface area contributed by atoms with Crippen molar-refractivity contribution in [2.24, 2.45) is 17.8 Å². The first kappa shape index (κ1) is 22.9. The number of carbonyl (C=O) groups is 2. The lowest BCUT2D eigenvalue weighted by Crippen LogP contribution is -2.61. The van der Waals surface area contributed by atoms with Crippen LogP contribution in [0.25, 0.3) is 0 Å². The standard InChI is InChI=1S/C26H28N2O8/c29-24(15-36-25(30)20-9-22-23(35-5-4-34-22)10-21(20)28(31)32)27(14-19-2-1-3-33-19)26-11-16-6-17(12-26)8-18(7-16)13-26/h1-3,9-10,16-18H,4-8,11-15H2. The Hall–Kier alpha value is -3.56. The van der Waals surface area contributed by atoms with Crippen LogP contribution in [0.2, 0.25) is 0 Å². The summed E-state index contributed by atoms with van der Waals surface area (Å²) in [6.07, 6.45) is 8.12. The largest absolute Gasteiger partial charge is 0.486 e. The molecular weight excluding hydrogens is 468 g/mol. The Labute approximate surface area is 207 Å². The monoisotopic (exact) mass is 496 g/mol. The first-order valence-corrected chi connectivity index (χ1v) is 12.5. The molecule has 5 aliphatic rings. The van der Waals surface area contributed by atoms with Crippen molar-refractivity contribution >= 4 is 17.6 Å². The molecule has 2 aromatic rings. The van der Waals surface area contributed by atoms with Crippen LogP contribution in [0.5, 0.6) is 11.5 Å². The number of nitro groups is 1. The highest BCUT2D eigenvalue weighted by atomic mass is 16.6. The van der Waals surface area contributed by atoms with Crippen LogP contribution >= 0.6 is 0 Å². The SMILES string of the molecule is O=C(OCC(=O)N(Cc1ccco1)C12CC3CC(CC(C3)C1)C2)c1cc2c(cc1[N+](=O)[O-])OCCO2. The molecule has 4 fully saturated rings. The van der Waals surface area contributed by atoms with Crippen LogP contribution in [-0.2, 0) is 16.1 Å². The van der Waals surface area contributed by atoms with E-state index in [4.69, 9.17) is 18.6 Å². The van der Waals surface area contributed by atoms with Gasteiger partial charge in [-0.1, -0.05) is 0 Å². The molecule has 1 aromatic carbocycles. The van der Waals surface area contributed by atoms with Crippen molar-refractivity contribution in [2.45, 2.75) is 50.6 Å². The van der Waals surface area contributed by atoms with Gasteiger partial charge in [-0.25, -0.2) is 4.79 Å². The summed E-state index contributed by atoms with van der Waals surface area (Å²) in [6, 6.07) is 6.04. The molecule has 0 N–H and O–H groups in total. The second-order valence-electron chi connectivity index (χ2n) is 10.5. The Morgan fingerprint density at radius 1 is 1.06 bits per heavy atom. The van der Waals surface area contributed by atoms with Crippen LogP contribution < -0.4 is 9.47 Å². The lowest BCUT2D eigenvalue weighted by molar-refractivity contribution is -0.385. The molecule has 0 saturated heterocycles. The molecule has 1 aromatic heterocycles. The zero-order valence-corrected chi connectivity index (χ0v) is 19.9. The van der Waals surface area contributed by atoms with E-state index in [0.29, 0.717) is 30.1 Å². The first-order valence-electron chi connectivity index (χ1n) is 12.5. The number of ether oxygens (including phenoxy) is 3. The molecule has 4 aliphatic carbocycles. The van der Waals surface area contributed by atoms with E-state index < -0.39 is 23.2 Å². The summed E-state index contributed by atoms with van der Waals surface area (Å²) in [5, 5.41) is 11.6. The zero-order valence-electron chi connectivity index (χ0n) is 19.9. The molecule has 4 saturated carbocycles. The van der Waals surface area contributed by atoms with Crippen LogP contribution in [-0.4, -0.2) is 47.1 Å². The van der Waals surface area contributed by atoms with Crippen molar-refractivity contribution in [1.29, 1.82) is 0 Å². The number of benzene rings is 1. The summed E-state index contributed by atoms with van der Waals surface area (Å²) in [5.74, 6) is 1.69. The number of hydrogen-bond donors (Lipinski definition) is 0. The van der Waals surface area contributed by atoms with Gasteiger partial charge in [0.15, 0.2) is 18.1 Å². The van der Waals surface area contributed by atoms with Gasteiger partial charge in [-0.15, -0.1) is 0 Å². The van der Waals surface area contributed by atoms with E-state index in [0.717, 1.165) is 25.3 Å². The molecule has 10 nitrogen and oxygen atoms in total. The third-order valence-electron chi connectivity index (χ3n) is 8.18. The number of fused-ring (bicyclic) bond motifs is 1. The quantitative estimate of drug-likeness (QED) is 0.319. The molecule has 1 aliphatic heterocycles. The smallest absolute Gasteiger partial charge is 0.345 e. The minimum atomic E-state index is -0.949. The maximum absolute atomic E-state index is 13.6. The zero-order chi connectivity index (χ0) is 24.9. The van der Waals surface area contributed by atoms with E-state index in [2.05, 4.69) is 0 Å². The average Bonchev–Trinajstić information content (AvgIpc) is 3.37. The minimum absolute atomic E-state index is 0.201. The molecule has 0 atom stereocenters. The van der Waals surface area contributed by atoms with Crippen molar-refractivity contribution in [3.8, 4) is 11.5 Å². The van der Waals surface area contributed by atoms with Gasteiger partial charge in [0.05, 0.1) is 23.8 Å². The second-order valence-corrected chi connectivity index (χ2v) is 10.5. The van der Waals surface area contributed by atoms with Crippen LogP contribution in [0.1, 0.15) is 54.6 Å². The maximum Gasteiger partial charge on any atom is 0.345 e. The van der Waals surface area contributed by atoms with Gasteiger partial charge in [-0.3, -0.25) is 14.9 Å². The molecule has 4 bridgehead atoms. The van der Waals surface area contributed by atoms with E-state index in [1.54, 1.807) is 12.3 Å². The summed E-state index contributed by atoms with van der Waals surface area (Å²) in [5.41, 5.74) is -0.997. The van der Waals surface area contributed by atoms with Crippen molar-refractivity contribution in [1.82, 2.24) is 4.90 Å². The number of carbonyl (C=O) groups excluding carboxylic acids is 2. The van der Waals surface area contributed by atoms with E-state index in [1.807, 2.05) is 11.0 Å². The van der Waals surface area contributed by atoms with Crippen molar-refractivity contribution in [3.05, 3.63) is 52.0 Å². The molecule has 1 amide bonds. The number of rotatable bonds is 7. The Morgan fingerprint density at radius 2 is 1.69 bits per heavy atom. The van der Waals surface area contributed by atoms with Crippen molar-refractivity contribution < 1.29 is 33.1 Å². The fourth-order valence-corrected chi connectivity index (χ4v) is 7.15. The second kappa shape index (κ2) is 8.83. The van der Waals surface area contributed by atoms with Gasteiger partial charge in [0, 0.05) is 11.6 Å². The third-order valence-corrected chi connectivity index (χ3v) is 8.18. The summed E-state index contributed by atoms with van der Waals surface area (Å²) in [7, 11) is 0. The minimum Gasteiger partial charge on any atom is -0.486 e. The molecule has 0 unspecified atom stereocenters. The normalized spacial score (nSPS) is 27.5. The van der Waals surface area contributed by atoms with Gasteiger partial charge in [0.2, 0.25) is 0 Å². The lowest BCUT2D eigenvalue weighted by atomic mass is 9.52. The van der Waals surface area contributed by atoms with Gasteiger partial charge in [-0.05, 0) is 68.4 Å². The van der Waals surface area contributed by atoms with Crippen LogP contribution in [0.15, 0.2) is 34.9 Å². The summed E-state index contributed by atoms with van der Waals surface area (Å²) in [4.78, 5) is 39.3. The summed E-state index contributed by atoms with van der Waals surface area (Å²) >= 11 is 0. The van der Waals surface area contributed by atoms with Crippen LogP contribution in [0.4, 0.5) is 5.69 Å². The van der Waals surface area contributed by atoms with Crippen molar-refractivity contribution in [3.63, 3.8) is 0 Å². The van der Waals surface area contributed by atoms with Crippen molar-refractivity contribution in [2.75, 3.05) is 19.8 Å². The summed E-state index contributed by atoms with van der Waals surface area (Å²) in [6.45, 7) is 0.329. The predicted molar refractivity (Wildman–Crippen MR) is 125 cm³/mol. The number of nitro benzene ring substituents is 1. The number of furan rings is 1. The average molecular weight is 497 g/mol.